The van der Waals surface area contributed by atoms with Gasteiger partial charge in [-0.05, 0) is 18.6 Å². The summed E-state index contributed by atoms with van der Waals surface area (Å²) in [5.41, 5.74) is -0.117. The molecule has 4 rings (SSSR count). The van der Waals surface area contributed by atoms with E-state index < -0.39 is 0 Å². The van der Waals surface area contributed by atoms with Gasteiger partial charge in [0, 0.05) is 0 Å². The van der Waals surface area contributed by atoms with E-state index in [4.69, 9.17) is 0 Å². The van der Waals surface area contributed by atoms with Gasteiger partial charge >= 0.3 is 0 Å². The summed E-state index contributed by atoms with van der Waals surface area (Å²) in [5.74, 6) is 0. The molecule has 17 heavy (non-hydrogen) atoms. The smallest absolute Gasteiger partial charge is 0.267 e. The van der Waals surface area contributed by atoms with Gasteiger partial charge in [-0.3, -0.25) is 9.59 Å². The first kappa shape index (κ1) is 8.98. The van der Waals surface area contributed by atoms with Crippen LogP contribution in [0.25, 0.3) is 10.8 Å². The van der Waals surface area contributed by atoms with Crippen molar-refractivity contribution in [1.82, 2.24) is 9.36 Å². The molecule has 0 amide bonds. The van der Waals surface area contributed by atoms with Crippen LogP contribution in [0.1, 0.15) is 18.5 Å². The minimum atomic E-state index is -0.0583. The second-order valence-electron chi connectivity index (χ2n) is 4.60. The summed E-state index contributed by atoms with van der Waals surface area (Å²) in [4.78, 5) is 24.7. The Morgan fingerprint density at radius 2 is 1.35 bits per heavy atom. The van der Waals surface area contributed by atoms with Gasteiger partial charge in [0.1, 0.15) is 0 Å². The van der Waals surface area contributed by atoms with Gasteiger partial charge in [0.15, 0.2) is 0 Å². The molecule has 4 heteroatoms. The molecule has 2 heterocycles. The predicted octanol–water partition coefficient (Wildman–Crippen LogP) is 1.22. The Labute approximate surface area is 96.4 Å². The van der Waals surface area contributed by atoms with E-state index in [2.05, 4.69) is 0 Å². The molecule has 2 aromatic rings. The zero-order valence-corrected chi connectivity index (χ0v) is 9.04. The van der Waals surface area contributed by atoms with Crippen LogP contribution in [0.4, 0.5) is 0 Å². The Hall–Kier alpha value is -2.10. The van der Waals surface area contributed by atoms with E-state index in [1.54, 1.807) is 33.6 Å². The van der Waals surface area contributed by atoms with Crippen molar-refractivity contribution in [3.05, 3.63) is 57.1 Å². The average Bonchev–Trinajstić information content (AvgIpc) is 2.96. The molecule has 0 spiro atoms. The van der Waals surface area contributed by atoms with E-state index >= 15 is 0 Å². The number of rotatable bonds is 0. The maximum Gasteiger partial charge on any atom is 0.273 e. The molecule has 0 unspecified atom stereocenters. The van der Waals surface area contributed by atoms with Crippen LogP contribution in [0, 0.1) is 0 Å². The first-order chi connectivity index (χ1) is 8.27. The van der Waals surface area contributed by atoms with Crippen LogP contribution < -0.4 is 11.1 Å². The summed E-state index contributed by atoms with van der Waals surface area (Å²) >= 11 is 0. The number of aromatic nitrogens is 2. The maximum absolute atomic E-state index is 12.3. The van der Waals surface area contributed by atoms with Crippen LogP contribution in [0.2, 0.25) is 0 Å². The van der Waals surface area contributed by atoms with Gasteiger partial charge in [-0.25, -0.2) is 9.36 Å². The van der Waals surface area contributed by atoms with Crippen molar-refractivity contribution in [2.24, 2.45) is 0 Å². The molecule has 2 aliphatic rings. The van der Waals surface area contributed by atoms with Gasteiger partial charge < -0.3 is 0 Å². The van der Waals surface area contributed by atoms with Crippen molar-refractivity contribution < 1.29 is 0 Å². The molecule has 1 aromatic heterocycles. The number of fused-ring (bicyclic) bond motifs is 6. The van der Waals surface area contributed by atoms with Gasteiger partial charge in [-0.15, -0.1) is 0 Å². The van der Waals surface area contributed by atoms with Gasteiger partial charge in [0.05, 0.1) is 22.9 Å². The number of hydrogen-bond donors (Lipinski definition) is 0. The Bertz CT molecular complexity index is 718. The fourth-order valence-electron chi connectivity index (χ4n) is 2.94. The van der Waals surface area contributed by atoms with Gasteiger partial charge in [0.2, 0.25) is 0 Å². The topological polar surface area (TPSA) is 44.0 Å². The van der Waals surface area contributed by atoms with E-state index in [9.17, 15) is 9.59 Å². The normalized spacial score (nSPS) is 24.5. The monoisotopic (exact) mass is 226 g/mol. The number of nitrogens with zero attached hydrogens (tertiary/aromatic N) is 2. The van der Waals surface area contributed by atoms with Crippen molar-refractivity contribution in [1.29, 1.82) is 0 Å². The minimum Gasteiger partial charge on any atom is -0.267 e. The molecule has 0 N–H and O–H groups in total. The molecule has 1 aliphatic carbocycles. The molecule has 1 aliphatic heterocycles. The van der Waals surface area contributed by atoms with Crippen molar-refractivity contribution in [2.45, 2.75) is 18.5 Å². The minimum absolute atomic E-state index is 0.0583. The van der Waals surface area contributed by atoms with E-state index in [0.717, 1.165) is 6.42 Å². The van der Waals surface area contributed by atoms with Crippen LogP contribution >= 0.6 is 0 Å². The summed E-state index contributed by atoms with van der Waals surface area (Å²) in [6.07, 6.45) is 4.87. The molecule has 0 saturated heterocycles. The summed E-state index contributed by atoms with van der Waals surface area (Å²) in [7, 11) is 0. The Balaban J connectivity index is 2.29. The first-order valence-electron chi connectivity index (χ1n) is 5.72. The molecular formula is C13H10N2O2. The lowest BCUT2D eigenvalue weighted by Crippen LogP contribution is -2.37. The molecule has 2 bridgehead atoms. The maximum atomic E-state index is 12.3. The van der Waals surface area contributed by atoms with Crippen LogP contribution in [-0.4, -0.2) is 9.36 Å². The fraction of sp³-hybridized carbons (Fsp3) is 0.231. The first-order valence-corrected chi connectivity index (χ1v) is 5.72. The van der Waals surface area contributed by atoms with E-state index in [0.29, 0.717) is 10.8 Å². The van der Waals surface area contributed by atoms with Gasteiger partial charge in [0.25, 0.3) is 11.1 Å². The third kappa shape index (κ3) is 0.934. The second kappa shape index (κ2) is 2.77. The van der Waals surface area contributed by atoms with Crippen LogP contribution in [0.3, 0.4) is 0 Å². The number of allylic oxidation sites excluding steroid dienone is 2. The van der Waals surface area contributed by atoms with Crippen molar-refractivity contribution in [3.8, 4) is 0 Å². The van der Waals surface area contributed by atoms with E-state index in [1.807, 2.05) is 12.2 Å². The molecule has 0 saturated carbocycles. The molecule has 0 radical (unpaired) electrons. The summed E-state index contributed by atoms with van der Waals surface area (Å²) < 4.78 is 3.21. The largest absolute Gasteiger partial charge is 0.273 e. The average molecular weight is 226 g/mol. The predicted molar refractivity (Wildman–Crippen MR) is 64.3 cm³/mol. The zero-order chi connectivity index (χ0) is 11.6. The zero-order valence-electron chi connectivity index (χ0n) is 9.04. The summed E-state index contributed by atoms with van der Waals surface area (Å²) in [5, 5.41) is 1.05. The van der Waals surface area contributed by atoms with Gasteiger partial charge in [-0.1, -0.05) is 24.3 Å². The molecule has 2 atom stereocenters. The molecule has 1 aromatic carbocycles. The number of benzene rings is 1. The lowest BCUT2D eigenvalue weighted by atomic mass is 10.2. The Kier molecular flexibility index (Phi) is 1.46. The second-order valence-corrected chi connectivity index (χ2v) is 4.60. The third-order valence-electron chi connectivity index (χ3n) is 3.70. The van der Waals surface area contributed by atoms with Crippen molar-refractivity contribution in [3.63, 3.8) is 0 Å². The fourth-order valence-corrected chi connectivity index (χ4v) is 2.94. The Morgan fingerprint density at radius 1 is 0.882 bits per heavy atom. The highest BCUT2D eigenvalue weighted by molar-refractivity contribution is 5.80. The molecular weight excluding hydrogens is 216 g/mol. The number of hydrogen-bond acceptors (Lipinski definition) is 2. The van der Waals surface area contributed by atoms with E-state index in [-0.39, 0.29) is 23.2 Å². The summed E-state index contributed by atoms with van der Waals surface area (Å²) in [6, 6.07) is 7.16. The van der Waals surface area contributed by atoms with Crippen LogP contribution in [0.5, 0.6) is 0 Å². The Morgan fingerprint density at radius 3 is 1.82 bits per heavy atom. The molecule has 4 nitrogen and oxygen atoms in total. The molecule has 0 fully saturated rings. The highest BCUT2D eigenvalue weighted by Gasteiger charge is 2.34. The standard InChI is InChI=1S/C13H10N2O2/c16-12-10-3-1-2-4-11(10)13(17)15-9-6-5-8(7-9)14(12)15/h1-6,8-9H,7H2/t8-,9+. The lowest BCUT2D eigenvalue weighted by Gasteiger charge is -2.16. The van der Waals surface area contributed by atoms with E-state index in [1.165, 1.54) is 0 Å². The molecule has 84 valence electrons. The van der Waals surface area contributed by atoms with Crippen molar-refractivity contribution in [2.75, 3.05) is 0 Å². The van der Waals surface area contributed by atoms with Crippen LogP contribution in [0.15, 0.2) is 46.0 Å². The SMILES string of the molecule is O=c1c2ccccc2c(=O)n2n1[C@@H]1C=C[C@H]2C1. The van der Waals surface area contributed by atoms with Crippen LogP contribution in [-0.2, 0) is 0 Å². The van der Waals surface area contributed by atoms with Gasteiger partial charge in [-0.2, -0.15) is 0 Å². The highest BCUT2D eigenvalue weighted by Crippen LogP contribution is 2.35. The lowest BCUT2D eigenvalue weighted by molar-refractivity contribution is 0.486. The van der Waals surface area contributed by atoms with Crippen molar-refractivity contribution >= 4 is 10.8 Å². The summed E-state index contributed by atoms with van der Waals surface area (Å²) in [6.45, 7) is 0. The highest BCUT2D eigenvalue weighted by atomic mass is 16.2. The third-order valence-corrected chi connectivity index (χ3v) is 3.70. The quantitative estimate of drug-likeness (QED) is 0.634.